The number of anilines is 1. The molecule has 0 fully saturated rings. The van der Waals surface area contributed by atoms with Crippen molar-refractivity contribution in [1.82, 2.24) is 5.32 Å². The van der Waals surface area contributed by atoms with Crippen LogP contribution in [-0.2, 0) is 5.75 Å². The van der Waals surface area contributed by atoms with Crippen molar-refractivity contribution in [1.29, 1.82) is 0 Å². The Morgan fingerprint density at radius 3 is 2.56 bits per heavy atom. The predicted molar refractivity (Wildman–Crippen MR) is 111 cm³/mol. The predicted octanol–water partition coefficient (Wildman–Crippen LogP) is 4.58. The van der Waals surface area contributed by atoms with Gasteiger partial charge in [-0.3, -0.25) is 0 Å². The molecule has 2 rings (SSSR count). The van der Waals surface area contributed by atoms with Crippen LogP contribution >= 0.6 is 35.6 Å². The average Bonchev–Trinajstić information content (AvgIpc) is 2.63. The van der Waals surface area contributed by atoms with Crippen molar-refractivity contribution < 1.29 is 9.47 Å². The van der Waals surface area contributed by atoms with Crippen molar-refractivity contribution in [2.45, 2.75) is 5.75 Å². The first-order valence-corrected chi connectivity index (χ1v) is 9.65. The smallest absolute Gasteiger partial charge is 0.170 e. The minimum absolute atomic E-state index is 0.565. The number of nitrogens with one attached hydrogen (secondary N) is 2. The molecule has 2 aromatic carbocycles. The summed E-state index contributed by atoms with van der Waals surface area (Å²) in [5, 5.41) is 7.67. The maximum absolute atomic E-state index is 5.88. The highest BCUT2D eigenvalue weighted by molar-refractivity contribution is 7.98. The van der Waals surface area contributed by atoms with E-state index >= 15 is 0 Å². The summed E-state index contributed by atoms with van der Waals surface area (Å²) in [7, 11) is 3.24. The molecule has 134 valence electrons. The molecular weight excluding hydrogens is 376 g/mol. The Kier molecular flexibility index (Phi) is 8.18. The minimum Gasteiger partial charge on any atom is -0.497 e. The number of ether oxygens (including phenoxy) is 2. The molecule has 0 aliphatic carbocycles. The molecule has 0 saturated carbocycles. The van der Waals surface area contributed by atoms with E-state index in [4.69, 9.17) is 33.3 Å². The normalized spacial score (nSPS) is 10.2. The van der Waals surface area contributed by atoms with Gasteiger partial charge < -0.3 is 20.1 Å². The Balaban J connectivity index is 1.71. The van der Waals surface area contributed by atoms with Crippen LogP contribution in [0.25, 0.3) is 0 Å². The second kappa shape index (κ2) is 10.4. The molecule has 2 N–H and O–H groups in total. The third kappa shape index (κ3) is 6.65. The molecule has 2 aromatic rings. The third-order valence-electron chi connectivity index (χ3n) is 3.37. The van der Waals surface area contributed by atoms with E-state index in [1.54, 1.807) is 14.2 Å². The number of rotatable bonds is 8. The Morgan fingerprint density at radius 1 is 1.12 bits per heavy atom. The lowest BCUT2D eigenvalue weighted by Crippen LogP contribution is -2.30. The van der Waals surface area contributed by atoms with Crippen LogP contribution in [0.1, 0.15) is 5.56 Å². The van der Waals surface area contributed by atoms with Crippen LogP contribution in [0.15, 0.2) is 42.5 Å². The summed E-state index contributed by atoms with van der Waals surface area (Å²) in [5.41, 5.74) is 2.06. The zero-order valence-electron chi connectivity index (χ0n) is 14.2. The number of halogens is 1. The Bertz CT molecular complexity index is 696. The van der Waals surface area contributed by atoms with Gasteiger partial charge in [-0.1, -0.05) is 23.7 Å². The molecular formula is C18H21ClN2O2S2. The molecule has 4 nitrogen and oxygen atoms in total. The van der Waals surface area contributed by atoms with Gasteiger partial charge in [0.05, 0.1) is 19.9 Å². The standard InChI is InChI=1S/C18H21ClN2O2S2/c1-22-15-7-8-16(17(11-15)23-2)21-18(24)20-9-10-25-12-13-3-5-14(19)6-4-13/h3-8,11H,9-10,12H2,1-2H3,(H2,20,21,24). The second-order valence-electron chi connectivity index (χ2n) is 5.13. The van der Waals surface area contributed by atoms with E-state index in [1.165, 1.54) is 5.56 Å². The fraction of sp³-hybridized carbons (Fsp3) is 0.278. The van der Waals surface area contributed by atoms with Crippen molar-refractivity contribution in [3.63, 3.8) is 0 Å². The number of benzene rings is 2. The summed E-state index contributed by atoms with van der Waals surface area (Å²) in [6.07, 6.45) is 0. The first kappa shape index (κ1) is 19.7. The van der Waals surface area contributed by atoms with E-state index in [9.17, 15) is 0 Å². The molecule has 25 heavy (non-hydrogen) atoms. The van der Waals surface area contributed by atoms with Gasteiger partial charge in [0.2, 0.25) is 0 Å². The van der Waals surface area contributed by atoms with Crippen LogP contribution < -0.4 is 20.1 Å². The van der Waals surface area contributed by atoms with E-state index < -0.39 is 0 Å². The summed E-state index contributed by atoms with van der Waals surface area (Å²) in [4.78, 5) is 0. The molecule has 0 unspecified atom stereocenters. The molecule has 0 saturated heterocycles. The highest BCUT2D eigenvalue weighted by Gasteiger charge is 2.06. The zero-order chi connectivity index (χ0) is 18.1. The second-order valence-corrected chi connectivity index (χ2v) is 7.08. The molecule has 0 bridgehead atoms. The van der Waals surface area contributed by atoms with Gasteiger partial charge in [0.1, 0.15) is 11.5 Å². The molecule has 0 aliphatic rings. The quantitative estimate of drug-likeness (QED) is 0.503. The van der Waals surface area contributed by atoms with E-state index in [-0.39, 0.29) is 0 Å². The summed E-state index contributed by atoms with van der Waals surface area (Å²) in [5.74, 6) is 3.32. The highest BCUT2D eigenvalue weighted by atomic mass is 35.5. The lowest BCUT2D eigenvalue weighted by atomic mass is 10.2. The van der Waals surface area contributed by atoms with E-state index in [0.717, 1.165) is 34.5 Å². The van der Waals surface area contributed by atoms with Crippen molar-refractivity contribution in [2.24, 2.45) is 0 Å². The molecule has 0 aromatic heterocycles. The van der Waals surface area contributed by atoms with Crippen molar-refractivity contribution in [3.05, 3.63) is 53.1 Å². The number of hydrogen-bond acceptors (Lipinski definition) is 4. The van der Waals surface area contributed by atoms with Gasteiger partial charge in [-0.15, -0.1) is 0 Å². The molecule has 0 atom stereocenters. The van der Waals surface area contributed by atoms with Crippen LogP contribution in [0.3, 0.4) is 0 Å². The van der Waals surface area contributed by atoms with E-state index in [2.05, 4.69) is 10.6 Å². The number of hydrogen-bond donors (Lipinski definition) is 2. The minimum atomic E-state index is 0.565. The summed E-state index contributed by atoms with van der Waals surface area (Å²) >= 11 is 13.0. The Morgan fingerprint density at radius 2 is 1.88 bits per heavy atom. The first-order chi connectivity index (χ1) is 12.1. The maximum atomic E-state index is 5.88. The van der Waals surface area contributed by atoms with Crippen LogP contribution in [0.4, 0.5) is 5.69 Å². The fourth-order valence-corrected chi connectivity index (χ4v) is 3.23. The van der Waals surface area contributed by atoms with Crippen molar-refractivity contribution in [3.8, 4) is 11.5 Å². The highest BCUT2D eigenvalue weighted by Crippen LogP contribution is 2.28. The lowest BCUT2D eigenvalue weighted by Gasteiger charge is -2.14. The molecule has 0 spiro atoms. The largest absolute Gasteiger partial charge is 0.497 e. The van der Waals surface area contributed by atoms with Gasteiger partial charge in [-0.05, 0) is 42.0 Å². The molecule has 0 heterocycles. The monoisotopic (exact) mass is 396 g/mol. The molecule has 0 aliphatic heterocycles. The molecule has 0 amide bonds. The van der Waals surface area contributed by atoms with E-state index in [1.807, 2.05) is 54.2 Å². The van der Waals surface area contributed by atoms with E-state index in [0.29, 0.717) is 10.9 Å². The van der Waals surface area contributed by atoms with Gasteiger partial charge in [-0.2, -0.15) is 11.8 Å². The number of methoxy groups -OCH3 is 2. The van der Waals surface area contributed by atoms with Gasteiger partial charge >= 0.3 is 0 Å². The average molecular weight is 397 g/mol. The Labute approximate surface area is 163 Å². The van der Waals surface area contributed by atoms with Gasteiger partial charge in [-0.25, -0.2) is 0 Å². The van der Waals surface area contributed by atoms with Gasteiger partial charge in [0.15, 0.2) is 5.11 Å². The fourth-order valence-electron chi connectivity index (χ4n) is 2.08. The van der Waals surface area contributed by atoms with Crippen LogP contribution in [0, 0.1) is 0 Å². The van der Waals surface area contributed by atoms with Crippen molar-refractivity contribution in [2.75, 3.05) is 31.8 Å². The maximum Gasteiger partial charge on any atom is 0.170 e. The van der Waals surface area contributed by atoms with Crippen LogP contribution in [-0.4, -0.2) is 31.6 Å². The first-order valence-electron chi connectivity index (χ1n) is 7.71. The third-order valence-corrected chi connectivity index (χ3v) is 4.90. The SMILES string of the molecule is COc1ccc(NC(=S)NCCSCc2ccc(Cl)cc2)c(OC)c1. The zero-order valence-corrected chi connectivity index (χ0v) is 16.6. The molecule has 0 radical (unpaired) electrons. The summed E-state index contributed by atoms with van der Waals surface area (Å²) in [6.45, 7) is 0.780. The summed E-state index contributed by atoms with van der Waals surface area (Å²) in [6, 6.07) is 13.5. The van der Waals surface area contributed by atoms with Gasteiger partial charge in [0.25, 0.3) is 0 Å². The Hall–Kier alpha value is -1.63. The topological polar surface area (TPSA) is 42.5 Å². The lowest BCUT2D eigenvalue weighted by molar-refractivity contribution is 0.395. The van der Waals surface area contributed by atoms with Crippen LogP contribution in [0.5, 0.6) is 11.5 Å². The van der Waals surface area contributed by atoms with Crippen molar-refractivity contribution >= 4 is 46.4 Å². The summed E-state index contributed by atoms with van der Waals surface area (Å²) < 4.78 is 10.5. The van der Waals surface area contributed by atoms with Crippen LogP contribution in [0.2, 0.25) is 5.02 Å². The number of thioether (sulfide) groups is 1. The van der Waals surface area contributed by atoms with Gasteiger partial charge in [0, 0.05) is 29.1 Å². The number of thiocarbonyl (C=S) groups is 1. The molecule has 7 heteroatoms.